The molecule has 1 saturated heterocycles. The average molecular weight is 262 g/mol. The zero-order valence-electron chi connectivity index (χ0n) is 10.3. The van der Waals surface area contributed by atoms with E-state index in [4.69, 9.17) is 0 Å². The summed E-state index contributed by atoms with van der Waals surface area (Å²) in [5, 5.41) is 2.91. The molecular formula is C14H18N2OS. The van der Waals surface area contributed by atoms with Crippen molar-refractivity contribution >= 4 is 23.9 Å². The van der Waals surface area contributed by atoms with Crippen LogP contribution in [0.5, 0.6) is 0 Å². The molecule has 0 aliphatic carbocycles. The Morgan fingerprint density at radius 3 is 2.72 bits per heavy atom. The topological polar surface area (TPSA) is 32.3 Å². The summed E-state index contributed by atoms with van der Waals surface area (Å²) in [6, 6.07) is 10.1. The smallest absolute Gasteiger partial charge is 0.317 e. The molecule has 0 spiro atoms. The number of rotatable bonds is 3. The van der Waals surface area contributed by atoms with Crippen LogP contribution in [0, 0.1) is 0 Å². The predicted octanol–water partition coefficient (Wildman–Crippen LogP) is 2.46. The molecule has 1 aliphatic rings. The van der Waals surface area contributed by atoms with Gasteiger partial charge in [0, 0.05) is 31.1 Å². The number of benzene rings is 1. The Hall–Kier alpha value is -1.42. The number of nitrogens with one attached hydrogen (secondary N) is 1. The largest absolute Gasteiger partial charge is 0.335 e. The Morgan fingerprint density at radius 2 is 2.00 bits per heavy atom. The first-order valence-corrected chi connectivity index (χ1v) is 7.34. The lowest BCUT2D eigenvalue weighted by molar-refractivity contribution is 0.204. The van der Waals surface area contributed by atoms with Gasteiger partial charge in [-0.2, -0.15) is 11.8 Å². The Bertz CT molecular complexity index is 400. The van der Waals surface area contributed by atoms with Gasteiger partial charge in [-0.3, -0.25) is 0 Å². The zero-order chi connectivity index (χ0) is 12.6. The molecule has 0 radical (unpaired) electrons. The minimum Gasteiger partial charge on any atom is -0.335 e. The molecular weight excluding hydrogens is 244 g/mol. The van der Waals surface area contributed by atoms with Crippen LogP contribution in [0.3, 0.4) is 0 Å². The van der Waals surface area contributed by atoms with E-state index in [1.165, 1.54) is 0 Å². The van der Waals surface area contributed by atoms with Crippen molar-refractivity contribution in [3.05, 3.63) is 42.0 Å². The zero-order valence-corrected chi connectivity index (χ0v) is 11.2. The van der Waals surface area contributed by atoms with Gasteiger partial charge in [-0.25, -0.2) is 4.79 Å². The van der Waals surface area contributed by atoms with Gasteiger partial charge in [-0.05, 0) is 5.56 Å². The van der Waals surface area contributed by atoms with Gasteiger partial charge in [-0.1, -0.05) is 42.5 Å². The van der Waals surface area contributed by atoms with Crippen LogP contribution >= 0.6 is 11.8 Å². The third-order valence-corrected chi connectivity index (χ3v) is 3.72. The molecule has 0 atom stereocenters. The van der Waals surface area contributed by atoms with Crippen LogP contribution in [-0.4, -0.2) is 42.1 Å². The molecule has 18 heavy (non-hydrogen) atoms. The summed E-state index contributed by atoms with van der Waals surface area (Å²) in [7, 11) is 0. The summed E-state index contributed by atoms with van der Waals surface area (Å²) in [4.78, 5) is 13.7. The molecule has 1 aromatic rings. The van der Waals surface area contributed by atoms with Gasteiger partial charge in [0.25, 0.3) is 0 Å². The second-order valence-electron chi connectivity index (χ2n) is 4.10. The van der Waals surface area contributed by atoms with Crippen LogP contribution < -0.4 is 5.32 Å². The van der Waals surface area contributed by atoms with Gasteiger partial charge >= 0.3 is 6.03 Å². The summed E-state index contributed by atoms with van der Waals surface area (Å²) in [6.07, 6.45) is 4.00. The van der Waals surface area contributed by atoms with E-state index in [1.807, 2.05) is 59.1 Å². The van der Waals surface area contributed by atoms with Crippen molar-refractivity contribution in [1.82, 2.24) is 10.2 Å². The molecule has 4 heteroatoms. The van der Waals surface area contributed by atoms with E-state index in [-0.39, 0.29) is 6.03 Å². The number of thioether (sulfide) groups is 1. The van der Waals surface area contributed by atoms with Crippen molar-refractivity contribution in [2.45, 2.75) is 0 Å². The summed E-state index contributed by atoms with van der Waals surface area (Å²) in [6.45, 7) is 2.30. The normalized spacial score (nSPS) is 15.9. The van der Waals surface area contributed by atoms with E-state index in [1.54, 1.807) is 0 Å². The molecule has 0 saturated carbocycles. The summed E-state index contributed by atoms with van der Waals surface area (Å²) in [5.74, 6) is 2.10. The molecule has 0 unspecified atom stereocenters. The number of hydrogen-bond acceptors (Lipinski definition) is 2. The number of carbonyl (C=O) groups is 1. The van der Waals surface area contributed by atoms with Crippen LogP contribution in [0.4, 0.5) is 4.79 Å². The number of carbonyl (C=O) groups excluding carboxylic acids is 1. The summed E-state index contributed by atoms with van der Waals surface area (Å²) >= 11 is 1.91. The molecule has 1 aliphatic heterocycles. The monoisotopic (exact) mass is 262 g/mol. The lowest BCUT2D eigenvalue weighted by atomic mass is 10.2. The Balaban J connectivity index is 1.71. The van der Waals surface area contributed by atoms with E-state index < -0.39 is 0 Å². The maximum Gasteiger partial charge on any atom is 0.317 e. The molecule has 0 bridgehead atoms. The number of nitrogens with zero attached hydrogens (tertiary/aromatic N) is 1. The van der Waals surface area contributed by atoms with Crippen LogP contribution in [0.25, 0.3) is 6.08 Å². The molecule has 2 amide bonds. The minimum atomic E-state index is 0.0491. The van der Waals surface area contributed by atoms with Crippen LogP contribution in [0.1, 0.15) is 5.56 Å². The fraction of sp³-hybridized carbons (Fsp3) is 0.357. The lowest BCUT2D eigenvalue weighted by Gasteiger charge is -2.26. The quantitative estimate of drug-likeness (QED) is 0.907. The van der Waals surface area contributed by atoms with Crippen LogP contribution in [0.2, 0.25) is 0 Å². The minimum absolute atomic E-state index is 0.0491. The van der Waals surface area contributed by atoms with Crippen LogP contribution in [0.15, 0.2) is 36.4 Å². The van der Waals surface area contributed by atoms with Gasteiger partial charge in [0.15, 0.2) is 0 Å². The highest BCUT2D eigenvalue weighted by Gasteiger charge is 2.15. The van der Waals surface area contributed by atoms with Crippen molar-refractivity contribution in [3.8, 4) is 0 Å². The average Bonchev–Trinajstić information content (AvgIpc) is 2.45. The molecule has 1 N–H and O–H groups in total. The first kappa shape index (κ1) is 13.0. The molecule has 1 fully saturated rings. The number of amides is 2. The Labute approximate surface area is 112 Å². The van der Waals surface area contributed by atoms with Crippen molar-refractivity contribution in [3.63, 3.8) is 0 Å². The lowest BCUT2D eigenvalue weighted by Crippen LogP contribution is -2.44. The standard InChI is InChI=1S/C14H18N2OS/c17-14(16-9-11-18-12-10-16)15-8-4-7-13-5-2-1-3-6-13/h1-7H,8-12H2,(H,15,17)/b7-4+. The number of urea groups is 1. The van der Waals surface area contributed by atoms with Gasteiger partial charge < -0.3 is 10.2 Å². The van der Waals surface area contributed by atoms with E-state index in [2.05, 4.69) is 5.32 Å². The SMILES string of the molecule is O=C(NC/C=C/c1ccccc1)N1CCSCC1. The van der Waals surface area contributed by atoms with Crippen LogP contribution in [-0.2, 0) is 0 Å². The third kappa shape index (κ3) is 4.11. The second kappa shape index (κ2) is 7.11. The maximum absolute atomic E-state index is 11.8. The molecule has 1 heterocycles. The highest BCUT2D eigenvalue weighted by molar-refractivity contribution is 7.99. The van der Waals surface area contributed by atoms with Crippen molar-refractivity contribution in [2.75, 3.05) is 31.1 Å². The van der Waals surface area contributed by atoms with Crippen molar-refractivity contribution in [1.29, 1.82) is 0 Å². The fourth-order valence-corrected chi connectivity index (χ4v) is 2.69. The van der Waals surface area contributed by atoms with Crippen molar-refractivity contribution in [2.24, 2.45) is 0 Å². The predicted molar refractivity (Wildman–Crippen MR) is 77.8 cm³/mol. The maximum atomic E-state index is 11.8. The van der Waals surface area contributed by atoms with E-state index >= 15 is 0 Å². The highest BCUT2D eigenvalue weighted by Crippen LogP contribution is 2.08. The first-order chi connectivity index (χ1) is 8.86. The first-order valence-electron chi connectivity index (χ1n) is 6.18. The highest BCUT2D eigenvalue weighted by atomic mass is 32.2. The van der Waals surface area contributed by atoms with E-state index in [0.29, 0.717) is 6.54 Å². The van der Waals surface area contributed by atoms with Gasteiger partial charge in [0.1, 0.15) is 0 Å². The molecule has 2 rings (SSSR count). The third-order valence-electron chi connectivity index (χ3n) is 2.78. The summed E-state index contributed by atoms with van der Waals surface area (Å²) in [5.41, 5.74) is 1.15. The number of hydrogen-bond donors (Lipinski definition) is 1. The van der Waals surface area contributed by atoms with Gasteiger partial charge in [0.2, 0.25) is 0 Å². The van der Waals surface area contributed by atoms with Gasteiger partial charge in [0.05, 0.1) is 0 Å². The molecule has 3 nitrogen and oxygen atoms in total. The van der Waals surface area contributed by atoms with Crippen molar-refractivity contribution < 1.29 is 4.79 Å². The Kier molecular flexibility index (Phi) is 5.15. The second-order valence-corrected chi connectivity index (χ2v) is 5.32. The van der Waals surface area contributed by atoms with E-state index in [9.17, 15) is 4.79 Å². The molecule has 96 valence electrons. The van der Waals surface area contributed by atoms with E-state index in [0.717, 1.165) is 30.2 Å². The fourth-order valence-electron chi connectivity index (χ4n) is 1.78. The summed E-state index contributed by atoms with van der Waals surface area (Å²) < 4.78 is 0. The van der Waals surface area contributed by atoms with Gasteiger partial charge in [-0.15, -0.1) is 0 Å². The molecule has 0 aromatic heterocycles. The Morgan fingerprint density at radius 1 is 1.28 bits per heavy atom. The molecule has 1 aromatic carbocycles.